The third-order valence-corrected chi connectivity index (χ3v) is 4.46. The highest BCUT2D eigenvalue weighted by molar-refractivity contribution is 5.79. The van der Waals surface area contributed by atoms with Gasteiger partial charge in [-0.1, -0.05) is 0 Å². The van der Waals surface area contributed by atoms with E-state index in [1.54, 1.807) is 40.6 Å². The molecule has 1 saturated carbocycles. The van der Waals surface area contributed by atoms with Crippen LogP contribution in [0.3, 0.4) is 0 Å². The van der Waals surface area contributed by atoms with E-state index in [-0.39, 0.29) is 11.6 Å². The summed E-state index contributed by atoms with van der Waals surface area (Å²) in [5, 5.41) is 3.96. The molecule has 3 aromatic rings. The van der Waals surface area contributed by atoms with Crippen LogP contribution in [-0.2, 0) is 11.8 Å². The SMILES string of the molecule is COC(=O)Oc1cc(Nc2nc(C)c3ccc(=O)n(C4CC4)c3n2)cn1C. The first-order valence-corrected chi connectivity index (χ1v) is 8.55. The summed E-state index contributed by atoms with van der Waals surface area (Å²) in [6.07, 6.45) is 2.91. The average molecular weight is 369 g/mol. The summed E-state index contributed by atoms with van der Waals surface area (Å²) in [5.41, 5.74) is 2.00. The van der Waals surface area contributed by atoms with Gasteiger partial charge in [0.1, 0.15) is 5.65 Å². The highest BCUT2D eigenvalue weighted by Gasteiger charge is 2.27. The normalized spacial score (nSPS) is 13.6. The van der Waals surface area contributed by atoms with Gasteiger partial charge in [0.15, 0.2) is 0 Å². The molecule has 9 heteroatoms. The summed E-state index contributed by atoms with van der Waals surface area (Å²) in [6, 6.07) is 5.18. The summed E-state index contributed by atoms with van der Waals surface area (Å²) >= 11 is 0. The van der Waals surface area contributed by atoms with E-state index in [1.165, 1.54) is 7.11 Å². The standard InChI is InChI=1S/C18H19N5O4/c1-10-13-6-7-14(24)23(12-4-5-12)16(13)21-17(19-10)20-11-8-15(22(2)9-11)27-18(25)26-3/h6-9,12H,4-5H2,1-3H3,(H,19,20,21). The van der Waals surface area contributed by atoms with Gasteiger partial charge in [0, 0.05) is 36.8 Å². The van der Waals surface area contributed by atoms with Crippen LogP contribution in [0.15, 0.2) is 29.2 Å². The molecule has 0 aliphatic heterocycles. The van der Waals surface area contributed by atoms with Crippen LogP contribution < -0.4 is 15.6 Å². The molecular weight excluding hydrogens is 350 g/mol. The summed E-state index contributed by atoms with van der Waals surface area (Å²) in [5.74, 6) is 0.687. The molecule has 1 aliphatic rings. The fraction of sp³-hybridized carbons (Fsp3) is 0.333. The van der Waals surface area contributed by atoms with Crippen molar-refractivity contribution in [1.82, 2.24) is 19.1 Å². The number of nitrogens with zero attached hydrogens (tertiary/aromatic N) is 4. The zero-order chi connectivity index (χ0) is 19.1. The third-order valence-electron chi connectivity index (χ3n) is 4.46. The Bertz CT molecular complexity index is 1100. The fourth-order valence-electron chi connectivity index (χ4n) is 3.00. The van der Waals surface area contributed by atoms with Crippen LogP contribution in [0.4, 0.5) is 16.4 Å². The van der Waals surface area contributed by atoms with Crippen LogP contribution in [0.25, 0.3) is 11.0 Å². The van der Waals surface area contributed by atoms with Crippen LogP contribution >= 0.6 is 0 Å². The molecule has 1 N–H and O–H groups in total. The maximum atomic E-state index is 12.3. The van der Waals surface area contributed by atoms with Crippen LogP contribution in [0, 0.1) is 6.92 Å². The van der Waals surface area contributed by atoms with Crippen molar-refractivity contribution in [3.63, 3.8) is 0 Å². The van der Waals surface area contributed by atoms with Crippen molar-refractivity contribution in [2.24, 2.45) is 7.05 Å². The number of nitrogens with one attached hydrogen (secondary N) is 1. The first kappa shape index (κ1) is 17.1. The molecule has 0 atom stereocenters. The van der Waals surface area contributed by atoms with E-state index >= 15 is 0 Å². The van der Waals surface area contributed by atoms with E-state index in [1.807, 2.05) is 6.92 Å². The molecule has 0 aromatic carbocycles. The highest BCUT2D eigenvalue weighted by atomic mass is 16.7. The lowest BCUT2D eigenvalue weighted by molar-refractivity contribution is 0.118. The number of methoxy groups -OCH3 is 1. The van der Waals surface area contributed by atoms with Gasteiger partial charge in [-0.05, 0) is 25.8 Å². The molecule has 0 spiro atoms. The highest BCUT2D eigenvalue weighted by Crippen LogP contribution is 2.35. The van der Waals surface area contributed by atoms with Crippen molar-refractivity contribution in [2.45, 2.75) is 25.8 Å². The lowest BCUT2D eigenvalue weighted by Crippen LogP contribution is -2.19. The zero-order valence-corrected chi connectivity index (χ0v) is 15.2. The monoisotopic (exact) mass is 369 g/mol. The zero-order valence-electron chi connectivity index (χ0n) is 15.2. The number of fused-ring (bicyclic) bond motifs is 1. The second-order valence-corrected chi connectivity index (χ2v) is 6.50. The summed E-state index contributed by atoms with van der Waals surface area (Å²) in [6.45, 7) is 1.88. The predicted molar refractivity (Wildman–Crippen MR) is 98.5 cm³/mol. The van der Waals surface area contributed by atoms with Crippen molar-refractivity contribution in [3.05, 3.63) is 40.4 Å². The van der Waals surface area contributed by atoms with Gasteiger partial charge in [-0.3, -0.25) is 9.36 Å². The topological polar surface area (TPSA) is 100 Å². The number of aromatic nitrogens is 4. The molecule has 0 radical (unpaired) electrons. The Morgan fingerprint density at radius 3 is 2.78 bits per heavy atom. The lowest BCUT2D eigenvalue weighted by Gasteiger charge is -2.11. The van der Waals surface area contributed by atoms with E-state index in [4.69, 9.17) is 4.74 Å². The third kappa shape index (κ3) is 3.23. The number of hydrogen-bond acceptors (Lipinski definition) is 7. The van der Waals surface area contributed by atoms with Gasteiger partial charge in [-0.2, -0.15) is 4.98 Å². The molecule has 27 heavy (non-hydrogen) atoms. The summed E-state index contributed by atoms with van der Waals surface area (Å²) in [7, 11) is 2.98. The fourth-order valence-corrected chi connectivity index (χ4v) is 3.00. The van der Waals surface area contributed by atoms with Crippen molar-refractivity contribution >= 4 is 28.8 Å². The molecular formula is C18H19N5O4. The number of aryl methyl sites for hydroxylation is 2. The molecule has 0 unspecified atom stereocenters. The van der Waals surface area contributed by atoms with E-state index < -0.39 is 6.16 Å². The Kier molecular flexibility index (Phi) is 4.06. The molecule has 3 heterocycles. The van der Waals surface area contributed by atoms with Crippen molar-refractivity contribution in [2.75, 3.05) is 12.4 Å². The smallest absolute Gasteiger partial charge is 0.437 e. The summed E-state index contributed by atoms with van der Waals surface area (Å²) in [4.78, 5) is 32.6. The second-order valence-electron chi connectivity index (χ2n) is 6.50. The van der Waals surface area contributed by atoms with E-state index in [0.717, 1.165) is 23.9 Å². The number of carbonyl (C=O) groups is 1. The molecule has 9 nitrogen and oxygen atoms in total. The minimum absolute atomic E-state index is 0.0532. The van der Waals surface area contributed by atoms with Crippen molar-refractivity contribution in [3.8, 4) is 5.88 Å². The van der Waals surface area contributed by atoms with Crippen molar-refractivity contribution in [1.29, 1.82) is 0 Å². The second kappa shape index (κ2) is 6.42. The van der Waals surface area contributed by atoms with Crippen LogP contribution in [-0.4, -0.2) is 32.4 Å². The average Bonchev–Trinajstić information content (AvgIpc) is 3.39. The number of rotatable bonds is 4. The number of anilines is 2. The molecule has 4 rings (SSSR count). The Labute approximate surface area is 154 Å². The van der Waals surface area contributed by atoms with E-state index in [0.29, 0.717) is 23.2 Å². The van der Waals surface area contributed by atoms with Crippen LogP contribution in [0.1, 0.15) is 24.6 Å². The molecule has 0 bridgehead atoms. The number of carbonyl (C=O) groups excluding carboxylic acids is 1. The molecule has 0 amide bonds. The lowest BCUT2D eigenvalue weighted by atomic mass is 10.2. The Hall–Kier alpha value is -3.36. The number of ether oxygens (including phenoxy) is 2. The van der Waals surface area contributed by atoms with Gasteiger partial charge in [0.2, 0.25) is 11.8 Å². The van der Waals surface area contributed by atoms with Gasteiger partial charge < -0.3 is 19.4 Å². The predicted octanol–water partition coefficient (Wildman–Crippen LogP) is 2.66. The van der Waals surface area contributed by atoms with Gasteiger partial charge in [0.25, 0.3) is 5.56 Å². The number of hydrogen-bond donors (Lipinski definition) is 1. The Morgan fingerprint density at radius 1 is 1.30 bits per heavy atom. The minimum atomic E-state index is -0.797. The molecule has 1 aliphatic carbocycles. The first-order valence-electron chi connectivity index (χ1n) is 8.55. The van der Waals surface area contributed by atoms with Gasteiger partial charge in [0.05, 0.1) is 18.5 Å². The van der Waals surface area contributed by atoms with Crippen LogP contribution in [0.2, 0.25) is 0 Å². The largest absolute Gasteiger partial charge is 0.514 e. The quantitative estimate of drug-likeness (QED) is 0.706. The van der Waals surface area contributed by atoms with Gasteiger partial charge >= 0.3 is 6.16 Å². The Balaban J connectivity index is 1.71. The molecule has 140 valence electrons. The van der Waals surface area contributed by atoms with Crippen LogP contribution in [0.5, 0.6) is 5.88 Å². The van der Waals surface area contributed by atoms with E-state index in [9.17, 15) is 9.59 Å². The minimum Gasteiger partial charge on any atom is -0.437 e. The first-order chi connectivity index (χ1) is 13.0. The summed E-state index contributed by atoms with van der Waals surface area (Å²) < 4.78 is 12.9. The number of pyridine rings is 1. The molecule has 1 fully saturated rings. The van der Waals surface area contributed by atoms with Gasteiger partial charge in [-0.15, -0.1) is 0 Å². The maximum absolute atomic E-state index is 12.3. The molecule has 3 aromatic heterocycles. The molecule has 0 saturated heterocycles. The van der Waals surface area contributed by atoms with Crippen molar-refractivity contribution < 1.29 is 14.3 Å². The van der Waals surface area contributed by atoms with E-state index in [2.05, 4.69) is 20.0 Å². The maximum Gasteiger partial charge on any atom is 0.514 e. The Morgan fingerprint density at radius 2 is 2.07 bits per heavy atom. The van der Waals surface area contributed by atoms with Gasteiger partial charge in [-0.25, -0.2) is 9.78 Å².